The number of anilines is 1. The van der Waals surface area contributed by atoms with Crippen molar-refractivity contribution in [2.24, 2.45) is 0 Å². The molecule has 0 aliphatic carbocycles. The van der Waals surface area contributed by atoms with E-state index in [1.807, 2.05) is 13.1 Å². The van der Waals surface area contributed by atoms with Crippen LogP contribution in [0.3, 0.4) is 0 Å². The Labute approximate surface area is 104 Å². The second-order valence-electron chi connectivity index (χ2n) is 4.07. The van der Waals surface area contributed by atoms with Gasteiger partial charge in [0.05, 0.1) is 0 Å². The van der Waals surface area contributed by atoms with E-state index in [1.165, 1.54) is 15.6 Å². The summed E-state index contributed by atoms with van der Waals surface area (Å²) in [6.45, 7) is 1.99. The van der Waals surface area contributed by atoms with E-state index in [2.05, 4.69) is 40.7 Å². The van der Waals surface area contributed by atoms with Gasteiger partial charge >= 0.3 is 0 Å². The molecule has 2 aromatic heterocycles. The fraction of sp³-hybridized carbons (Fsp3) is 0.0714. The average Bonchev–Trinajstić information content (AvgIpc) is 2.80. The lowest BCUT2D eigenvalue weighted by Gasteiger charge is -2.05. The van der Waals surface area contributed by atoms with Crippen molar-refractivity contribution in [3.63, 3.8) is 0 Å². The van der Waals surface area contributed by atoms with Crippen LogP contribution in [0, 0.1) is 6.92 Å². The number of benzene rings is 1. The molecule has 2 N–H and O–H groups in total. The summed E-state index contributed by atoms with van der Waals surface area (Å²) in [6, 6.07) is 10.6. The summed E-state index contributed by atoms with van der Waals surface area (Å²) in [6.07, 6.45) is 1.84. The van der Waals surface area contributed by atoms with Crippen LogP contribution in [0.15, 0.2) is 41.9 Å². The number of pyridine rings is 1. The van der Waals surface area contributed by atoms with Gasteiger partial charge in [-0.2, -0.15) is 0 Å². The van der Waals surface area contributed by atoms with Crippen LogP contribution in [0.2, 0.25) is 0 Å². The van der Waals surface area contributed by atoms with Gasteiger partial charge in [0.2, 0.25) is 0 Å². The van der Waals surface area contributed by atoms with Crippen molar-refractivity contribution in [3.8, 4) is 11.1 Å². The molecule has 0 saturated carbocycles. The predicted octanol–water partition coefficient (Wildman–Crippen LogP) is 3.85. The van der Waals surface area contributed by atoms with E-state index in [0.29, 0.717) is 5.82 Å². The lowest BCUT2D eigenvalue weighted by molar-refractivity contribution is 1.28. The molecule has 0 saturated heterocycles. The standard InChI is InChI=1S/C14H12N2S/c1-9-7-11(8-16-14(9)15)12-4-2-3-10-5-6-17-13(10)12/h2-8H,1H3,(H2,15,16). The Bertz CT molecular complexity index is 686. The summed E-state index contributed by atoms with van der Waals surface area (Å²) in [7, 11) is 0. The van der Waals surface area contributed by atoms with Crippen molar-refractivity contribution in [2.75, 3.05) is 5.73 Å². The maximum atomic E-state index is 5.75. The van der Waals surface area contributed by atoms with Crippen LogP contribution in [-0.4, -0.2) is 4.98 Å². The molecule has 0 atom stereocenters. The molecular formula is C14H12N2S. The highest BCUT2D eigenvalue weighted by molar-refractivity contribution is 7.17. The van der Waals surface area contributed by atoms with Crippen LogP contribution in [0.25, 0.3) is 21.2 Å². The van der Waals surface area contributed by atoms with Gasteiger partial charge in [0.1, 0.15) is 5.82 Å². The molecule has 17 heavy (non-hydrogen) atoms. The number of aryl methyl sites for hydroxylation is 1. The van der Waals surface area contributed by atoms with Gasteiger partial charge in [-0.25, -0.2) is 4.98 Å². The topological polar surface area (TPSA) is 38.9 Å². The summed E-state index contributed by atoms with van der Waals surface area (Å²) in [5.41, 5.74) is 9.13. The van der Waals surface area contributed by atoms with E-state index in [1.54, 1.807) is 11.3 Å². The zero-order chi connectivity index (χ0) is 11.8. The Morgan fingerprint density at radius 1 is 1.24 bits per heavy atom. The van der Waals surface area contributed by atoms with E-state index in [9.17, 15) is 0 Å². The third-order valence-corrected chi connectivity index (χ3v) is 3.87. The summed E-state index contributed by atoms with van der Waals surface area (Å²) in [4.78, 5) is 4.23. The maximum absolute atomic E-state index is 5.75. The largest absolute Gasteiger partial charge is 0.383 e. The predicted molar refractivity (Wildman–Crippen MR) is 74.2 cm³/mol. The van der Waals surface area contributed by atoms with Crippen LogP contribution >= 0.6 is 11.3 Å². The molecule has 3 aromatic rings. The van der Waals surface area contributed by atoms with Crippen LogP contribution in [0.4, 0.5) is 5.82 Å². The molecule has 0 radical (unpaired) electrons. The number of nitrogens with zero attached hydrogens (tertiary/aromatic N) is 1. The minimum atomic E-state index is 0.604. The highest BCUT2D eigenvalue weighted by atomic mass is 32.1. The minimum Gasteiger partial charge on any atom is -0.383 e. The lowest BCUT2D eigenvalue weighted by Crippen LogP contribution is -1.93. The Balaban J connectivity index is 2.26. The van der Waals surface area contributed by atoms with Gasteiger partial charge in [0.15, 0.2) is 0 Å². The van der Waals surface area contributed by atoms with Crippen molar-refractivity contribution >= 4 is 27.2 Å². The highest BCUT2D eigenvalue weighted by Crippen LogP contribution is 2.32. The molecule has 0 amide bonds. The number of hydrogen-bond acceptors (Lipinski definition) is 3. The first-order chi connectivity index (χ1) is 8.25. The van der Waals surface area contributed by atoms with Crippen LogP contribution in [0.1, 0.15) is 5.56 Å². The number of nitrogen functional groups attached to an aromatic ring is 1. The van der Waals surface area contributed by atoms with Crippen molar-refractivity contribution in [1.29, 1.82) is 0 Å². The van der Waals surface area contributed by atoms with Gasteiger partial charge in [-0.1, -0.05) is 18.2 Å². The van der Waals surface area contributed by atoms with Crippen molar-refractivity contribution in [2.45, 2.75) is 6.92 Å². The zero-order valence-electron chi connectivity index (χ0n) is 9.47. The lowest BCUT2D eigenvalue weighted by atomic mass is 10.0. The number of thiophene rings is 1. The molecule has 2 heterocycles. The van der Waals surface area contributed by atoms with Gasteiger partial charge in [0, 0.05) is 22.0 Å². The van der Waals surface area contributed by atoms with Gasteiger partial charge in [-0.05, 0) is 35.4 Å². The number of rotatable bonds is 1. The van der Waals surface area contributed by atoms with Crippen molar-refractivity contribution in [3.05, 3.63) is 47.5 Å². The molecule has 0 aliphatic heterocycles. The molecule has 2 nitrogen and oxygen atoms in total. The van der Waals surface area contributed by atoms with E-state index < -0.39 is 0 Å². The van der Waals surface area contributed by atoms with E-state index >= 15 is 0 Å². The van der Waals surface area contributed by atoms with Gasteiger partial charge < -0.3 is 5.73 Å². The molecular weight excluding hydrogens is 228 g/mol. The number of hydrogen-bond donors (Lipinski definition) is 1. The third kappa shape index (κ3) is 1.68. The van der Waals surface area contributed by atoms with Gasteiger partial charge in [-0.15, -0.1) is 11.3 Å². The average molecular weight is 240 g/mol. The molecule has 3 rings (SSSR count). The van der Waals surface area contributed by atoms with Gasteiger partial charge in [-0.3, -0.25) is 0 Å². The summed E-state index contributed by atoms with van der Waals surface area (Å²) in [5.74, 6) is 0.604. The number of aromatic nitrogens is 1. The quantitative estimate of drug-likeness (QED) is 0.701. The number of nitrogens with two attached hydrogens (primary N) is 1. The Hall–Kier alpha value is -1.87. The third-order valence-electron chi connectivity index (χ3n) is 2.91. The number of fused-ring (bicyclic) bond motifs is 1. The maximum Gasteiger partial charge on any atom is 0.126 e. The first kappa shape index (κ1) is 10.3. The first-order valence-electron chi connectivity index (χ1n) is 5.44. The molecule has 1 aromatic carbocycles. The molecule has 0 aliphatic rings. The Morgan fingerprint density at radius 2 is 2.12 bits per heavy atom. The van der Waals surface area contributed by atoms with Crippen LogP contribution in [-0.2, 0) is 0 Å². The van der Waals surface area contributed by atoms with E-state index in [4.69, 9.17) is 5.73 Å². The molecule has 0 unspecified atom stereocenters. The van der Waals surface area contributed by atoms with Crippen molar-refractivity contribution < 1.29 is 0 Å². The second kappa shape index (κ2) is 3.86. The molecule has 3 heteroatoms. The Morgan fingerprint density at radius 3 is 2.94 bits per heavy atom. The summed E-state index contributed by atoms with van der Waals surface area (Å²) >= 11 is 1.76. The summed E-state index contributed by atoms with van der Waals surface area (Å²) in [5, 5.41) is 3.40. The van der Waals surface area contributed by atoms with Gasteiger partial charge in [0.25, 0.3) is 0 Å². The summed E-state index contributed by atoms with van der Waals surface area (Å²) < 4.78 is 1.30. The van der Waals surface area contributed by atoms with Crippen LogP contribution in [0.5, 0.6) is 0 Å². The van der Waals surface area contributed by atoms with E-state index in [0.717, 1.165) is 11.1 Å². The monoisotopic (exact) mass is 240 g/mol. The molecule has 84 valence electrons. The first-order valence-corrected chi connectivity index (χ1v) is 6.32. The second-order valence-corrected chi connectivity index (χ2v) is 4.99. The highest BCUT2D eigenvalue weighted by Gasteiger charge is 2.06. The fourth-order valence-corrected chi connectivity index (χ4v) is 2.89. The van der Waals surface area contributed by atoms with E-state index in [-0.39, 0.29) is 0 Å². The molecule has 0 fully saturated rings. The fourth-order valence-electron chi connectivity index (χ4n) is 1.95. The smallest absolute Gasteiger partial charge is 0.126 e. The van der Waals surface area contributed by atoms with Crippen LogP contribution < -0.4 is 5.73 Å². The SMILES string of the molecule is Cc1cc(-c2cccc3ccsc23)cnc1N. The van der Waals surface area contributed by atoms with Crippen molar-refractivity contribution in [1.82, 2.24) is 4.98 Å². The molecule has 0 bridgehead atoms. The normalized spacial score (nSPS) is 10.9. The molecule has 0 spiro atoms. The Kier molecular flexibility index (Phi) is 2.34. The minimum absolute atomic E-state index is 0.604. The zero-order valence-corrected chi connectivity index (χ0v) is 10.3.